The highest BCUT2D eigenvalue weighted by Crippen LogP contribution is 2.15. The van der Waals surface area contributed by atoms with E-state index >= 15 is 0 Å². The van der Waals surface area contributed by atoms with Crippen molar-refractivity contribution in [2.45, 2.75) is 13.0 Å². The zero-order valence-electron chi connectivity index (χ0n) is 10.4. The molecule has 1 atom stereocenters. The summed E-state index contributed by atoms with van der Waals surface area (Å²) in [4.78, 5) is 10.3. The number of anilines is 1. The van der Waals surface area contributed by atoms with Crippen molar-refractivity contribution < 1.29 is 9.47 Å². The average molecular weight is 260 g/mol. The van der Waals surface area contributed by atoms with Gasteiger partial charge in [-0.15, -0.1) is 0 Å². The Bertz CT molecular complexity index is 338. The number of hydrogen-bond donors (Lipinski definition) is 0. The van der Waals surface area contributed by atoms with E-state index in [2.05, 4.69) is 21.8 Å². The molecule has 1 rings (SSSR count). The highest BCUT2D eigenvalue weighted by Gasteiger charge is 2.16. The van der Waals surface area contributed by atoms with E-state index in [1.807, 2.05) is 0 Å². The lowest BCUT2D eigenvalue weighted by Gasteiger charge is -2.29. The summed E-state index contributed by atoms with van der Waals surface area (Å²) in [5.74, 6) is 0.735. The molecule has 1 heterocycles. The van der Waals surface area contributed by atoms with Crippen molar-refractivity contribution in [2.75, 3.05) is 38.9 Å². The molecule has 6 heteroatoms. The van der Waals surface area contributed by atoms with Crippen molar-refractivity contribution in [3.05, 3.63) is 17.5 Å². The van der Waals surface area contributed by atoms with Gasteiger partial charge in [-0.1, -0.05) is 11.6 Å². The maximum Gasteiger partial charge on any atom is 0.149 e. The molecule has 1 aromatic rings. The van der Waals surface area contributed by atoms with Gasteiger partial charge in [-0.25, -0.2) is 4.98 Å². The number of ether oxygens (including phenoxy) is 2. The van der Waals surface area contributed by atoms with Gasteiger partial charge in [0.05, 0.1) is 31.6 Å². The van der Waals surface area contributed by atoms with E-state index in [9.17, 15) is 0 Å². The minimum absolute atomic E-state index is 0.183. The van der Waals surface area contributed by atoms with Crippen LogP contribution in [0.3, 0.4) is 0 Å². The van der Waals surface area contributed by atoms with Crippen LogP contribution in [0.5, 0.6) is 0 Å². The molecule has 0 radical (unpaired) electrons. The molecule has 0 N–H and O–H groups in total. The van der Waals surface area contributed by atoms with Crippen LogP contribution in [0.1, 0.15) is 6.92 Å². The van der Waals surface area contributed by atoms with Gasteiger partial charge < -0.3 is 14.4 Å². The van der Waals surface area contributed by atoms with Crippen LogP contribution in [0.15, 0.2) is 12.4 Å². The van der Waals surface area contributed by atoms with Crippen LogP contribution in [0.2, 0.25) is 5.15 Å². The Morgan fingerprint density at radius 2 is 2.12 bits per heavy atom. The largest absolute Gasteiger partial charge is 0.383 e. The Hall–Kier alpha value is -0.910. The van der Waals surface area contributed by atoms with Crippen molar-refractivity contribution in [3.63, 3.8) is 0 Å². The molecule has 0 saturated heterocycles. The molecule has 0 aliphatic carbocycles. The fourth-order valence-corrected chi connectivity index (χ4v) is 1.70. The molecule has 5 nitrogen and oxygen atoms in total. The van der Waals surface area contributed by atoms with Gasteiger partial charge in [0.2, 0.25) is 0 Å². The van der Waals surface area contributed by atoms with Crippen molar-refractivity contribution in [2.24, 2.45) is 0 Å². The molecule has 0 bridgehead atoms. The third-order valence-corrected chi connectivity index (χ3v) is 2.55. The molecule has 96 valence electrons. The third kappa shape index (κ3) is 4.46. The Labute approximate surface area is 107 Å². The summed E-state index contributed by atoms with van der Waals surface area (Å²) in [7, 11) is 3.34. The lowest BCUT2D eigenvalue weighted by atomic mass is 10.3. The predicted molar refractivity (Wildman–Crippen MR) is 67.6 cm³/mol. The molecular weight excluding hydrogens is 242 g/mol. The van der Waals surface area contributed by atoms with Crippen LogP contribution in [0.25, 0.3) is 0 Å². The highest BCUT2D eigenvalue weighted by molar-refractivity contribution is 6.29. The van der Waals surface area contributed by atoms with Crippen LogP contribution in [-0.4, -0.2) is 50.0 Å². The van der Waals surface area contributed by atoms with Crippen LogP contribution in [0.4, 0.5) is 5.82 Å². The summed E-state index contributed by atoms with van der Waals surface area (Å²) in [5, 5.41) is 0.384. The van der Waals surface area contributed by atoms with Crippen molar-refractivity contribution in [1.82, 2.24) is 9.97 Å². The second kappa shape index (κ2) is 7.42. The SMILES string of the molecule is COCCN(c1cncc(Cl)n1)C(C)COC. The second-order valence-corrected chi connectivity index (χ2v) is 4.08. The topological polar surface area (TPSA) is 47.5 Å². The average Bonchev–Trinajstić information content (AvgIpc) is 2.30. The number of methoxy groups -OCH3 is 2. The van der Waals surface area contributed by atoms with Gasteiger partial charge >= 0.3 is 0 Å². The number of aromatic nitrogens is 2. The highest BCUT2D eigenvalue weighted by atomic mass is 35.5. The minimum atomic E-state index is 0.183. The quantitative estimate of drug-likeness (QED) is 0.745. The maximum absolute atomic E-state index is 5.84. The molecule has 17 heavy (non-hydrogen) atoms. The third-order valence-electron chi connectivity index (χ3n) is 2.36. The molecule has 0 aromatic carbocycles. The van der Waals surface area contributed by atoms with Gasteiger partial charge in [0.15, 0.2) is 0 Å². The molecule has 0 saturated carbocycles. The Morgan fingerprint density at radius 3 is 2.71 bits per heavy atom. The smallest absolute Gasteiger partial charge is 0.149 e. The van der Waals surface area contributed by atoms with E-state index in [1.165, 1.54) is 6.20 Å². The summed E-state index contributed by atoms with van der Waals surface area (Å²) < 4.78 is 10.2. The Balaban J connectivity index is 2.81. The van der Waals surface area contributed by atoms with Gasteiger partial charge in [0.1, 0.15) is 11.0 Å². The van der Waals surface area contributed by atoms with Crippen LogP contribution in [0, 0.1) is 0 Å². The molecule has 1 unspecified atom stereocenters. The molecule has 1 aromatic heterocycles. The summed E-state index contributed by atoms with van der Waals surface area (Å²) in [5.41, 5.74) is 0. The van der Waals surface area contributed by atoms with Gasteiger partial charge in [0, 0.05) is 20.8 Å². The monoisotopic (exact) mass is 259 g/mol. The number of rotatable bonds is 7. The Kier molecular flexibility index (Phi) is 6.18. The number of nitrogens with zero attached hydrogens (tertiary/aromatic N) is 3. The molecule has 0 spiro atoms. The first-order chi connectivity index (χ1) is 8.19. The predicted octanol–water partition coefficient (Wildman–Crippen LogP) is 1.62. The van der Waals surface area contributed by atoms with Crippen LogP contribution < -0.4 is 4.90 Å². The summed E-state index contributed by atoms with van der Waals surface area (Å²) >= 11 is 5.84. The maximum atomic E-state index is 5.84. The van der Waals surface area contributed by atoms with Crippen molar-refractivity contribution in [3.8, 4) is 0 Å². The van der Waals surface area contributed by atoms with Crippen molar-refractivity contribution >= 4 is 17.4 Å². The van der Waals surface area contributed by atoms with E-state index < -0.39 is 0 Å². The first-order valence-corrected chi connectivity index (χ1v) is 5.79. The lowest BCUT2D eigenvalue weighted by molar-refractivity contribution is 0.170. The zero-order chi connectivity index (χ0) is 12.7. The first-order valence-electron chi connectivity index (χ1n) is 5.41. The van der Waals surface area contributed by atoms with E-state index in [0.717, 1.165) is 12.4 Å². The van der Waals surface area contributed by atoms with E-state index in [1.54, 1.807) is 20.4 Å². The molecule has 0 aliphatic rings. The van der Waals surface area contributed by atoms with E-state index in [0.29, 0.717) is 18.4 Å². The van der Waals surface area contributed by atoms with Crippen molar-refractivity contribution in [1.29, 1.82) is 0 Å². The fourth-order valence-electron chi connectivity index (χ4n) is 1.55. The van der Waals surface area contributed by atoms with Gasteiger partial charge in [0.25, 0.3) is 0 Å². The minimum Gasteiger partial charge on any atom is -0.383 e. The Morgan fingerprint density at radius 1 is 1.35 bits per heavy atom. The van der Waals surface area contributed by atoms with Gasteiger partial charge in [-0.05, 0) is 6.92 Å². The van der Waals surface area contributed by atoms with Crippen LogP contribution in [-0.2, 0) is 9.47 Å². The zero-order valence-corrected chi connectivity index (χ0v) is 11.1. The molecule has 0 amide bonds. The van der Waals surface area contributed by atoms with E-state index in [-0.39, 0.29) is 6.04 Å². The number of halogens is 1. The molecular formula is C11H18ClN3O2. The number of hydrogen-bond acceptors (Lipinski definition) is 5. The van der Waals surface area contributed by atoms with Gasteiger partial charge in [-0.2, -0.15) is 0 Å². The van der Waals surface area contributed by atoms with Crippen LogP contribution >= 0.6 is 11.6 Å². The summed E-state index contributed by atoms with van der Waals surface area (Å²) in [6.07, 6.45) is 3.20. The lowest BCUT2D eigenvalue weighted by Crippen LogP contribution is -2.39. The van der Waals surface area contributed by atoms with Gasteiger partial charge in [-0.3, -0.25) is 4.98 Å². The van der Waals surface area contributed by atoms with E-state index in [4.69, 9.17) is 21.1 Å². The molecule has 0 fully saturated rings. The molecule has 0 aliphatic heterocycles. The standard InChI is InChI=1S/C11H18ClN3O2/c1-9(8-17-3)15(4-5-16-2)11-7-13-6-10(12)14-11/h6-7,9H,4-5,8H2,1-3H3. The summed E-state index contributed by atoms with van der Waals surface area (Å²) in [6.45, 7) is 4.00. The summed E-state index contributed by atoms with van der Waals surface area (Å²) in [6, 6.07) is 0.183. The first kappa shape index (κ1) is 14.2. The second-order valence-electron chi connectivity index (χ2n) is 3.69. The normalized spacial score (nSPS) is 12.5. The fraction of sp³-hybridized carbons (Fsp3) is 0.636.